The van der Waals surface area contributed by atoms with Crippen molar-refractivity contribution in [3.8, 4) is 0 Å². The van der Waals surface area contributed by atoms with Crippen molar-refractivity contribution in [1.82, 2.24) is 11.0 Å². The maximum atomic E-state index is 3.72. The summed E-state index contributed by atoms with van der Waals surface area (Å²) in [5.41, 5.74) is 5.41. The minimum atomic E-state index is 0.111. The van der Waals surface area contributed by atoms with E-state index < -0.39 is 0 Å². The minimum Gasteiger partial charge on any atom is -0.222 e. The van der Waals surface area contributed by atoms with Gasteiger partial charge in [0.1, 0.15) is 0 Å². The maximum Gasteiger partial charge on any atom is 0.187 e. The van der Waals surface area contributed by atoms with E-state index in [9.17, 15) is 0 Å². The van der Waals surface area contributed by atoms with Crippen LogP contribution in [0, 0.1) is 0 Å². The lowest BCUT2D eigenvalue weighted by Gasteiger charge is -1.96. The van der Waals surface area contributed by atoms with E-state index in [1.54, 1.807) is 11.8 Å². The molecule has 0 aromatic heterocycles. The molecule has 0 aliphatic carbocycles. The first-order chi connectivity index (χ1) is 3.43. The van der Waals surface area contributed by atoms with Crippen LogP contribution in [0.1, 0.15) is 0 Å². The van der Waals surface area contributed by atoms with E-state index in [1.807, 2.05) is 6.26 Å². The lowest BCUT2D eigenvalue weighted by molar-refractivity contribution is 0.631. The normalized spacial score (nSPS) is 27.9. The molecule has 40 valence electrons. The van der Waals surface area contributed by atoms with Crippen LogP contribution in [-0.2, 0) is 0 Å². The third-order valence-corrected chi connectivity index (χ3v) is 1.28. The van der Waals surface area contributed by atoms with Crippen LogP contribution in [0.5, 0.6) is 0 Å². The van der Waals surface area contributed by atoms with Gasteiger partial charge in [-0.3, -0.25) is 0 Å². The fourth-order valence-electron chi connectivity index (χ4n) is 0.300. The summed E-state index contributed by atoms with van der Waals surface area (Å²) < 4.78 is 0. The molecule has 7 heavy (non-hydrogen) atoms. The summed E-state index contributed by atoms with van der Waals surface area (Å²) in [5, 5.41) is 7.20. The van der Waals surface area contributed by atoms with E-state index in [0.29, 0.717) is 0 Å². The molecule has 4 nitrogen and oxygen atoms in total. The Morgan fingerprint density at radius 3 is 2.86 bits per heavy atom. The highest BCUT2D eigenvalue weighted by molar-refractivity contribution is 7.99. The van der Waals surface area contributed by atoms with Crippen LogP contribution < -0.4 is 11.0 Å². The van der Waals surface area contributed by atoms with Crippen molar-refractivity contribution in [3.05, 3.63) is 0 Å². The van der Waals surface area contributed by atoms with Gasteiger partial charge in [-0.15, -0.1) is 16.9 Å². The van der Waals surface area contributed by atoms with Gasteiger partial charge in [0.25, 0.3) is 0 Å². The number of hydrogen-bond donors (Lipinski definition) is 2. The second-order valence-electron chi connectivity index (χ2n) is 1.06. The quantitative estimate of drug-likeness (QED) is 0.513. The Labute approximate surface area is 45.7 Å². The molecule has 1 rings (SSSR count). The minimum absolute atomic E-state index is 0.111. The first-order valence-electron chi connectivity index (χ1n) is 1.86. The molecule has 1 aliphatic rings. The molecule has 1 atom stereocenters. The molecule has 0 saturated heterocycles. The molecule has 1 heterocycles. The van der Waals surface area contributed by atoms with Gasteiger partial charge in [-0.2, -0.15) is 5.43 Å². The van der Waals surface area contributed by atoms with Gasteiger partial charge >= 0.3 is 0 Å². The van der Waals surface area contributed by atoms with E-state index >= 15 is 0 Å². The number of hydrogen-bond acceptors (Lipinski definition) is 5. The lowest BCUT2D eigenvalue weighted by atomic mass is 11.2. The molecule has 0 aromatic carbocycles. The third kappa shape index (κ3) is 1.04. The van der Waals surface area contributed by atoms with E-state index in [1.165, 1.54) is 0 Å². The Morgan fingerprint density at radius 2 is 2.57 bits per heavy atom. The lowest BCUT2D eigenvalue weighted by Crippen LogP contribution is -2.27. The summed E-state index contributed by atoms with van der Waals surface area (Å²) in [6.07, 6.45) is 1.96. The summed E-state index contributed by atoms with van der Waals surface area (Å²) in [7, 11) is 0. The van der Waals surface area contributed by atoms with Gasteiger partial charge in [-0.25, -0.2) is 5.53 Å². The molecule has 0 fully saturated rings. The molecule has 0 aromatic rings. The van der Waals surface area contributed by atoms with Crippen LogP contribution >= 0.6 is 11.8 Å². The summed E-state index contributed by atoms with van der Waals surface area (Å²) in [6, 6.07) is 0. The molecule has 0 bridgehead atoms. The number of nitrogens with one attached hydrogen (secondary N) is 2. The predicted molar refractivity (Wildman–Crippen MR) is 28.4 cm³/mol. The summed E-state index contributed by atoms with van der Waals surface area (Å²) >= 11 is 1.60. The SMILES string of the molecule is CSC1N=NNN1. The number of nitrogens with zero attached hydrogens (tertiary/aromatic N) is 2. The van der Waals surface area contributed by atoms with Crippen molar-refractivity contribution >= 4 is 11.8 Å². The number of hydrazine groups is 1. The first kappa shape index (κ1) is 4.86. The fourth-order valence-corrected chi connectivity index (χ4v) is 0.612. The van der Waals surface area contributed by atoms with Crippen LogP contribution in [-0.4, -0.2) is 11.8 Å². The van der Waals surface area contributed by atoms with Crippen molar-refractivity contribution in [2.24, 2.45) is 10.3 Å². The van der Waals surface area contributed by atoms with Crippen molar-refractivity contribution in [1.29, 1.82) is 0 Å². The van der Waals surface area contributed by atoms with E-state index in [2.05, 4.69) is 21.3 Å². The van der Waals surface area contributed by atoms with Gasteiger partial charge in [0.05, 0.1) is 0 Å². The Hall–Kier alpha value is -0.290. The Bertz CT molecular complexity index is 81.8. The molecular weight excluding hydrogens is 112 g/mol. The highest BCUT2D eigenvalue weighted by Gasteiger charge is 2.05. The van der Waals surface area contributed by atoms with Crippen molar-refractivity contribution < 1.29 is 0 Å². The maximum absolute atomic E-state index is 3.72. The van der Waals surface area contributed by atoms with E-state index in [0.717, 1.165) is 0 Å². The van der Waals surface area contributed by atoms with Gasteiger partial charge in [0, 0.05) is 0 Å². The van der Waals surface area contributed by atoms with Crippen molar-refractivity contribution in [3.63, 3.8) is 0 Å². The molecule has 0 saturated carbocycles. The van der Waals surface area contributed by atoms with Gasteiger partial charge in [0.2, 0.25) is 0 Å². The predicted octanol–water partition coefficient (Wildman–Crippen LogP) is 0.108. The fraction of sp³-hybridized carbons (Fsp3) is 1.00. The topological polar surface area (TPSA) is 48.8 Å². The summed E-state index contributed by atoms with van der Waals surface area (Å²) in [4.78, 5) is 0. The molecular formula is C2H6N4S. The molecule has 1 unspecified atom stereocenters. The van der Waals surface area contributed by atoms with E-state index in [-0.39, 0.29) is 5.50 Å². The van der Waals surface area contributed by atoms with Crippen LogP contribution in [0.15, 0.2) is 10.3 Å². The summed E-state index contributed by atoms with van der Waals surface area (Å²) in [6.45, 7) is 0. The van der Waals surface area contributed by atoms with Crippen molar-refractivity contribution in [2.45, 2.75) is 5.50 Å². The second kappa shape index (κ2) is 2.13. The van der Waals surface area contributed by atoms with Crippen LogP contribution in [0.4, 0.5) is 0 Å². The Kier molecular flexibility index (Phi) is 1.48. The second-order valence-corrected chi connectivity index (χ2v) is 1.98. The molecule has 1 aliphatic heterocycles. The van der Waals surface area contributed by atoms with Crippen LogP contribution in [0.3, 0.4) is 0 Å². The summed E-state index contributed by atoms with van der Waals surface area (Å²) in [5.74, 6) is 0. The molecule has 2 N–H and O–H groups in total. The zero-order valence-electron chi connectivity index (χ0n) is 3.88. The van der Waals surface area contributed by atoms with Crippen LogP contribution in [0.2, 0.25) is 0 Å². The number of thioether (sulfide) groups is 1. The standard InChI is InChI=1S/C2H6N4S/c1-7-2-3-5-6-4-2/h2H,1H3,(H,3,6)(H,4,5). The average Bonchev–Trinajstić information content (AvgIpc) is 2.14. The highest BCUT2D eigenvalue weighted by Crippen LogP contribution is 2.05. The molecule has 5 heteroatoms. The largest absolute Gasteiger partial charge is 0.222 e. The zero-order chi connectivity index (χ0) is 5.11. The Balaban J connectivity index is 2.28. The van der Waals surface area contributed by atoms with Gasteiger partial charge in [-0.05, 0) is 6.26 Å². The first-order valence-corrected chi connectivity index (χ1v) is 3.15. The molecule has 0 amide bonds. The van der Waals surface area contributed by atoms with E-state index in [4.69, 9.17) is 0 Å². The molecule has 0 radical (unpaired) electrons. The third-order valence-electron chi connectivity index (χ3n) is 0.624. The molecule has 0 spiro atoms. The Morgan fingerprint density at radius 1 is 1.71 bits per heavy atom. The van der Waals surface area contributed by atoms with Gasteiger partial charge in [-0.1, -0.05) is 5.22 Å². The average molecular weight is 118 g/mol. The van der Waals surface area contributed by atoms with Gasteiger partial charge in [0.15, 0.2) is 5.50 Å². The van der Waals surface area contributed by atoms with Gasteiger partial charge < -0.3 is 0 Å². The zero-order valence-corrected chi connectivity index (χ0v) is 4.70. The van der Waals surface area contributed by atoms with Crippen molar-refractivity contribution in [2.75, 3.05) is 6.26 Å². The van der Waals surface area contributed by atoms with Crippen LogP contribution in [0.25, 0.3) is 0 Å². The smallest absolute Gasteiger partial charge is 0.187 e. The monoisotopic (exact) mass is 118 g/mol. The highest BCUT2D eigenvalue weighted by atomic mass is 32.2. The number of rotatable bonds is 1.